The minimum Gasteiger partial charge on any atom is -0.391 e. The number of likely N-dealkylation sites (tertiary alicyclic amines) is 1. The number of hydrogen-bond donors (Lipinski definition) is 2. The fourth-order valence-electron chi connectivity index (χ4n) is 1.72. The van der Waals surface area contributed by atoms with Crippen LogP contribution in [0.5, 0.6) is 0 Å². The molecule has 0 saturated carbocycles. The largest absolute Gasteiger partial charge is 0.391 e. The summed E-state index contributed by atoms with van der Waals surface area (Å²) < 4.78 is 0. The van der Waals surface area contributed by atoms with Crippen molar-refractivity contribution in [1.82, 2.24) is 10.2 Å². The highest BCUT2D eigenvalue weighted by Gasteiger charge is 2.31. The normalized spacial score (nSPS) is 34.1. The second-order valence-electron chi connectivity index (χ2n) is 3.50. The molecular formula is C8H14N2O2S. The Bertz CT molecular complexity index is 206. The highest BCUT2D eigenvalue weighted by molar-refractivity contribution is 7.99. The Morgan fingerprint density at radius 3 is 3.00 bits per heavy atom. The first-order valence-electron chi connectivity index (χ1n) is 4.55. The number of aliphatic hydroxyl groups excluding tert-OH is 1. The summed E-state index contributed by atoms with van der Waals surface area (Å²) in [6.07, 6.45) is 0.420. The summed E-state index contributed by atoms with van der Waals surface area (Å²) in [6, 6.07) is -0.0182. The Morgan fingerprint density at radius 1 is 1.62 bits per heavy atom. The summed E-state index contributed by atoms with van der Waals surface area (Å²) in [5.41, 5.74) is 0. The van der Waals surface area contributed by atoms with Crippen LogP contribution in [0.1, 0.15) is 6.42 Å². The van der Waals surface area contributed by atoms with Crippen molar-refractivity contribution in [3.8, 4) is 0 Å². The van der Waals surface area contributed by atoms with E-state index in [0.717, 1.165) is 18.1 Å². The Labute approximate surface area is 81.7 Å². The molecule has 2 saturated heterocycles. The standard InChI is InChI=1S/C8H14N2O2S/c11-6-1-2-10(3-6)8(12)7-4-13-5-9-7/h6-7,9,11H,1-5H2/t6-,7?/m0/s1. The second kappa shape index (κ2) is 3.86. The lowest BCUT2D eigenvalue weighted by Crippen LogP contribution is -2.44. The molecule has 0 bridgehead atoms. The number of carbonyl (C=O) groups is 1. The lowest BCUT2D eigenvalue weighted by molar-refractivity contribution is -0.131. The molecule has 1 unspecified atom stereocenters. The van der Waals surface area contributed by atoms with Crippen LogP contribution < -0.4 is 5.32 Å². The number of hydrogen-bond acceptors (Lipinski definition) is 4. The molecule has 2 rings (SSSR count). The van der Waals surface area contributed by atoms with Gasteiger partial charge in [0.2, 0.25) is 5.91 Å². The number of amides is 1. The van der Waals surface area contributed by atoms with Crippen molar-refractivity contribution in [3.63, 3.8) is 0 Å². The SMILES string of the molecule is O=C(C1CSCN1)N1CC[C@H](O)C1. The van der Waals surface area contributed by atoms with Gasteiger partial charge in [-0.2, -0.15) is 0 Å². The number of nitrogens with one attached hydrogen (secondary N) is 1. The molecule has 2 heterocycles. The van der Waals surface area contributed by atoms with Crippen LogP contribution in [0.4, 0.5) is 0 Å². The monoisotopic (exact) mass is 202 g/mol. The van der Waals surface area contributed by atoms with E-state index in [-0.39, 0.29) is 18.1 Å². The Kier molecular flexibility index (Phi) is 2.76. The molecule has 2 fully saturated rings. The first kappa shape index (κ1) is 9.30. The molecule has 5 heteroatoms. The number of aliphatic hydroxyl groups is 1. The number of rotatable bonds is 1. The minimum absolute atomic E-state index is 0.0182. The van der Waals surface area contributed by atoms with Crippen LogP contribution in [0, 0.1) is 0 Å². The van der Waals surface area contributed by atoms with E-state index < -0.39 is 0 Å². The molecule has 4 nitrogen and oxygen atoms in total. The predicted octanol–water partition coefficient (Wildman–Crippen LogP) is -0.758. The molecule has 2 aliphatic rings. The molecule has 0 aromatic heterocycles. The van der Waals surface area contributed by atoms with Crippen LogP contribution in [0.15, 0.2) is 0 Å². The van der Waals surface area contributed by atoms with Crippen molar-refractivity contribution >= 4 is 17.7 Å². The lowest BCUT2D eigenvalue weighted by Gasteiger charge is -2.19. The number of nitrogens with zero attached hydrogens (tertiary/aromatic N) is 1. The zero-order chi connectivity index (χ0) is 9.26. The van der Waals surface area contributed by atoms with E-state index in [1.54, 1.807) is 16.7 Å². The van der Waals surface area contributed by atoms with Gasteiger partial charge in [0, 0.05) is 24.7 Å². The summed E-state index contributed by atoms with van der Waals surface area (Å²) in [5.74, 6) is 1.89. The van der Waals surface area contributed by atoms with Crippen LogP contribution in [-0.4, -0.2) is 52.8 Å². The molecule has 1 amide bonds. The van der Waals surface area contributed by atoms with E-state index in [2.05, 4.69) is 5.32 Å². The van der Waals surface area contributed by atoms with E-state index in [9.17, 15) is 9.90 Å². The molecule has 2 N–H and O–H groups in total. The highest BCUT2D eigenvalue weighted by Crippen LogP contribution is 2.15. The van der Waals surface area contributed by atoms with E-state index in [4.69, 9.17) is 0 Å². The molecule has 13 heavy (non-hydrogen) atoms. The predicted molar refractivity (Wildman–Crippen MR) is 51.5 cm³/mol. The summed E-state index contributed by atoms with van der Waals surface area (Å²) in [7, 11) is 0. The Balaban J connectivity index is 1.89. The van der Waals surface area contributed by atoms with Gasteiger partial charge in [0.25, 0.3) is 0 Å². The highest BCUT2D eigenvalue weighted by atomic mass is 32.2. The average molecular weight is 202 g/mol. The summed E-state index contributed by atoms with van der Waals surface area (Å²) in [4.78, 5) is 13.5. The van der Waals surface area contributed by atoms with Crippen LogP contribution in [0.3, 0.4) is 0 Å². The lowest BCUT2D eigenvalue weighted by atomic mass is 10.3. The summed E-state index contributed by atoms with van der Waals surface area (Å²) >= 11 is 1.75. The topological polar surface area (TPSA) is 52.6 Å². The third kappa shape index (κ3) is 1.98. The van der Waals surface area contributed by atoms with Crippen LogP contribution in [0.2, 0.25) is 0 Å². The smallest absolute Gasteiger partial charge is 0.240 e. The van der Waals surface area contributed by atoms with Gasteiger partial charge in [-0.15, -0.1) is 11.8 Å². The molecule has 2 aliphatic heterocycles. The van der Waals surface area contributed by atoms with Crippen molar-refractivity contribution in [2.75, 3.05) is 24.7 Å². The third-order valence-electron chi connectivity index (χ3n) is 2.49. The molecule has 0 radical (unpaired) electrons. The van der Waals surface area contributed by atoms with Crippen LogP contribution in [0.25, 0.3) is 0 Å². The zero-order valence-corrected chi connectivity index (χ0v) is 8.22. The van der Waals surface area contributed by atoms with Gasteiger partial charge in [0.1, 0.15) is 0 Å². The van der Waals surface area contributed by atoms with E-state index in [0.29, 0.717) is 13.1 Å². The molecule has 74 valence electrons. The van der Waals surface area contributed by atoms with Crippen molar-refractivity contribution in [2.24, 2.45) is 0 Å². The molecule has 0 aromatic carbocycles. The van der Waals surface area contributed by atoms with Crippen molar-refractivity contribution < 1.29 is 9.90 Å². The van der Waals surface area contributed by atoms with Gasteiger partial charge in [-0.25, -0.2) is 0 Å². The molecule has 0 spiro atoms. The van der Waals surface area contributed by atoms with E-state index >= 15 is 0 Å². The number of β-amino-alcohol motifs (C(OH)–C–C–N with tert-alkyl or cyclic N) is 1. The zero-order valence-electron chi connectivity index (χ0n) is 7.40. The van der Waals surface area contributed by atoms with Gasteiger partial charge in [-0.05, 0) is 6.42 Å². The van der Waals surface area contributed by atoms with Gasteiger partial charge in [0.15, 0.2) is 0 Å². The summed E-state index contributed by atoms with van der Waals surface area (Å²) in [5, 5.41) is 12.4. The van der Waals surface area contributed by atoms with Gasteiger partial charge in [-0.1, -0.05) is 0 Å². The quantitative estimate of drug-likeness (QED) is 0.587. The van der Waals surface area contributed by atoms with Crippen molar-refractivity contribution in [3.05, 3.63) is 0 Å². The Hall–Kier alpha value is -0.260. The van der Waals surface area contributed by atoms with Crippen LogP contribution in [-0.2, 0) is 4.79 Å². The van der Waals surface area contributed by atoms with Gasteiger partial charge in [0.05, 0.1) is 12.1 Å². The van der Waals surface area contributed by atoms with E-state index in [1.165, 1.54) is 0 Å². The van der Waals surface area contributed by atoms with Crippen molar-refractivity contribution in [2.45, 2.75) is 18.6 Å². The minimum atomic E-state index is -0.307. The van der Waals surface area contributed by atoms with Crippen LogP contribution >= 0.6 is 11.8 Å². The molecular weight excluding hydrogens is 188 g/mol. The molecule has 2 atom stereocenters. The fraction of sp³-hybridized carbons (Fsp3) is 0.875. The maximum Gasteiger partial charge on any atom is 0.240 e. The average Bonchev–Trinajstić information content (AvgIpc) is 2.72. The third-order valence-corrected chi connectivity index (χ3v) is 3.43. The summed E-state index contributed by atoms with van der Waals surface area (Å²) in [6.45, 7) is 1.23. The second-order valence-corrected chi connectivity index (χ2v) is 4.53. The Morgan fingerprint density at radius 2 is 2.46 bits per heavy atom. The molecule has 0 aromatic rings. The van der Waals surface area contributed by atoms with Gasteiger partial charge < -0.3 is 10.0 Å². The van der Waals surface area contributed by atoms with E-state index in [1.807, 2.05) is 0 Å². The first-order valence-corrected chi connectivity index (χ1v) is 5.71. The first-order chi connectivity index (χ1) is 6.27. The fourth-order valence-corrected chi connectivity index (χ4v) is 2.65. The number of carbonyl (C=O) groups excluding carboxylic acids is 1. The number of thioether (sulfide) groups is 1. The van der Waals surface area contributed by atoms with Gasteiger partial charge >= 0.3 is 0 Å². The van der Waals surface area contributed by atoms with Crippen molar-refractivity contribution in [1.29, 1.82) is 0 Å². The maximum atomic E-state index is 11.7. The van der Waals surface area contributed by atoms with Gasteiger partial charge in [-0.3, -0.25) is 10.1 Å². The molecule has 0 aliphatic carbocycles. The maximum absolute atomic E-state index is 11.7.